The maximum Gasteiger partial charge on any atom is 0.271 e. The van der Waals surface area contributed by atoms with Crippen LogP contribution < -0.4 is 5.32 Å². The molecule has 1 amide bonds. The molecule has 1 unspecified atom stereocenters. The van der Waals surface area contributed by atoms with Crippen molar-refractivity contribution in [2.24, 2.45) is 5.92 Å². The first-order valence-electron chi connectivity index (χ1n) is 7.37. The van der Waals surface area contributed by atoms with Gasteiger partial charge in [0.1, 0.15) is 0 Å². The van der Waals surface area contributed by atoms with Crippen molar-refractivity contribution in [3.8, 4) is 0 Å². The molecule has 0 bridgehead atoms. The minimum absolute atomic E-state index is 0.0359. The first-order chi connectivity index (χ1) is 10.5. The lowest BCUT2D eigenvalue weighted by Crippen LogP contribution is -2.26. The maximum absolute atomic E-state index is 12.0. The Labute approximate surface area is 129 Å². The molecule has 0 spiro atoms. The van der Waals surface area contributed by atoms with Crippen LogP contribution in [0.4, 0.5) is 11.4 Å². The number of amides is 1. The molecule has 7 heteroatoms. The Morgan fingerprint density at radius 2 is 2.32 bits per heavy atom. The van der Waals surface area contributed by atoms with Crippen LogP contribution in [0.2, 0.25) is 0 Å². The van der Waals surface area contributed by atoms with E-state index in [1.165, 1.54) is 12.1 Å². The van der Waals surface area contributed by atoms with E-state index in [4.69, 9.17) is 5.11 Å². The highest BCUT2D eigenvalue weighted by Crippen LogP contribution is 2.22. The number of aliphatic hydroxyl groups is 1. The monoisotopic (exact) mass is 307 g/mol. The number of nitro benzene ring substituents is 1. The van der Waals surface area contributed by atoms with E-state index in [-0.39, 0.29) is 18.2 Å². The van der Waals surface area contributed by atoms with Gasteiger partial charge in [0.15, 0.2) is 0 Å². The number of aliphatic hydroxyl groups excluding tert-OH is 1. The third-order valence-corrected chi connectivity index (χ3v) is 3.99. The molecule has 1 fully saturated rings. The van der Waals surface area contributed by atoms with Crippen LogP contribution in [0, 0.1) is 23.0 Å². The summed E-state index contributed by atoms with van der Waals surface area (Å²) in [4.78, 5) is 24.4. The smallest absolute Gasteiger partial charge is 0.271 e. The van der Waals surface area contributed by atoms with Crippen molar-refractivity contribution in [2.45, 2.75) is 19.8 Å². The molecule has 2 N–H and O–H groups in total. The lowest BCUT2D eigenvalue weighted by Gasteiger charge is -2.15. The summed E-state index contributed by atoms with van der Waals surface area (Å²) in [7, 11) is 0. The fraction of sp³-hybridized carbons (Fsp3) is 0.533. The third kappa shape index (κ3) is 4.25. The second-order valence-corrected chi connectivity index (χ2v) is 5.69. The topological polar surface area (TPSA) is 95.7 Å². The number of nitrogens with one attached hydrogen (secondary N) is 1. The van der Waals surface area contributed by atoms with Crippen molar-refractivity contribution in [1.82, 2.24) is 4.90 Å². The molecule has 2 rings (SSSR count). The molecule has 1 heterocycles. The van der Waals surface area contributed by atoms with Crippen LogP contribution in [0.5, 0.6) is 0 Å². The number of nitrogens with zero attached hydrogens (tertiary/aromatic N) is 2. The lowest BCUT2D eigenvalue weighted by atomic mass is 10.1. The van der Waals surface area contributed by atoms with Crippen LogP contribution in [-0.4, -0.2) is 47.1 Å². The molecule has 1 aliphatic heterocycles. The molecule has 1 aromatic carbocycles. The molecule has 7 nitrogen and oxygen atoms in total. The van der Waals surface area contributed by atoms with Gasteiger partial charge in [-0.3, -0.25) is 14.9 Å². The highest BCUT2D eigenvalue weighted by molar-refractivity contribution is 5.92. The zero-order valence-corrected chi connectivity index (χ0v) is 12.6. The first-order valence-corrected chi connectivity index (χ1v) is 7.37. The number of nitro groups is 1. The van der Waals surface area contributed by atoms with Crippen molar-refractivity contribution in [1.29, 1.82) is 0 Å². The van der Waals surface area contributed by atoms with Crippen molar-refractivity contribution >= 4 is 17.3 Å². The van der Waals surface area contributed by atoms with Crippen LogP contribution in [0.3, 0.4) is 0 Å². The van der Waals surface area contributed by atoms with Crippen LogP contribution in [-0.2, 0) is 4.79 Å². The second kappa shape index (κ2) is 7.33. The average molecular weight is 307 g/mol. The highest BCUT2D eigenvalue weighted by atomic mass is 16.6. The number of likely N-dealkylation sites (tertiary alicyclic amines) is 1. The molecule has 0 saturated carbocycles. The van der Waals surface area contributed by atoms with Gasteiger partial charge in [0.05, 0.1) is 10.6 Å². The predicted octanol–water partition coefficient (Wildman–Crippen LogP) is 1.55. The van der Waals surface area contributed by atoms with E-state index in [0.717, 1.165) is 25.1 Å². The largest absolute Gasteiger partial charge is 0.396 e. The Balaban J connectivity index is 1.87. The quantitative estimate of drug-likeness (QED) is 0.614. The molecular weight excluding hydrogens is 286 g/mol. The number of anilines is 1. The van der Waals surface area contributed by atoms with Crippen LogP contribution in [0.25, 0.3) is 0 Å². The van der Waals surface area contributed by atoms with Crippen molar-refractivity contribution in [3.05, 3.63) is 33.9 Å². The van der Waals surface area contributed by atoms with E-state index in [2.05, 4.69) is 10.2 Å². The molecule has 1 aliphatic rings. The summed E-state index contributed by atoms with van der Waals surface area (Å²) in [6.45, 7) is 4.34. The number of rotatable bonds is 6. The Morgan fingerprint density at radius 3 is 2.95 bits per heavy atom. The van der Waals surface area contributed by atoms with E-state index < -0.39 is 4.92 Å². The molecule has 0 aromatic heterocycles. The molecule has 1 atom stereocenters. The second-order valence-electron chi connectivity index (χ2n) is 5.69. The van der Waals surface area contributed by atoms with Gasteiger partial charge in [-0.15, -0.1) is 0 Å². The summed E-state index contributed by atoms with van der Waals surface area (Å²) in [5, 5.41) is 22.6. The summed E-state index contributed by atoms with van der Waals surface area (Å²) in [5.74, 6) is 0.151. The Morgan fingerprint density at radius 1 is 1.55 bits per heavy atom. The van der Waals surface area contributed by atoms with E-state index in [0.29, 0.717) is 24.6 Å². The number of hydrogen-bond donors (Lipinski definition) is 2. The van der Waals surface area contributed by atoms with E-state index in [1.807, 2.05) is 0 Å². The van der Waals surface area contributed by atoms with Gasteiger partial charge < -0.3 is 15.3 Å². The molecule has 0 aliphatic carbocycles. The predicted molar refractivity (Wildman–Crippen MR) is 82.7 cm³/mol. The number of benzene rings is 1. The molecular formula is C15H21N3O4. The van der Waals surface area contributed by atoms with E-state index in [1.54, 1.807) is 13.0 Å². The van der Waals surface area contributed by atoms with Gasteiger partial charge in [-0.05, 0) is 31.4 Å². The van der Waals surface area contributed by atoms with Crippen molar-refractivity contribution in [3.63, 3.8) is 0 Å². The number of hydrogen-bond acceptors (Lipinski definition) is 5. The van der Waals surface area contributed by atoms with Gasteiger partial charge >= 0.3 is 0 Å². The fourth-order valence-corrected chi connectivity index (χ4v) is 2.60. The van der Waals surface area contributed by atoms with Gasteiger partial charge in [0.2, 0.25) is 5.91 Å². The molecule has 22 heavy (non-hydrogen) atoms. The lowest BCUT2D eigenvalue weighted by molar-refractivity contribution is -0.384. The standard InChI is InChI=1S/C15H21N3O4/c1-11-2-3-13(18(21)22)8-14(11)16-15(20)5-7-17-6-4-12(9-17)10-19/h2-3,8,12,19H,4-7,9-10H2,1H3,(H,16,20). The third-order valence-electron chi connectivity index (χ3n) is 3.99. The number of carbonyl (C=O) groups excluding carboxylic acids is 1. The Hall–Kier alpha value is -1.99. The zero-order chi connectivity index (χ0) is 16.1. The first kappa shape index (κ1) is 16.4. The summed E-state index contributed by atoms with van der Waals surface area (Å²) in [6.07, 6.45) is 1.29. The van der Waals surface area contributed by atoms with Gasteiger partial charge in [0, 0.05) is 38.2 Å². The number of non-ortho nitro benzene ring substituents is 1. The van der Waals surface area contributed by atoms with E-state index in [9.17, 15) is 14.9 Å². The van der Waals surface area contributed by atoms with Crippen molar-refractivity contribution < 1.29 is 14.8 Å². The number of carbonyl (C=O) groups is 1. The minimum atomic E-state index is -0.478. The van der Waals surface area contributed by atoms with Crippen LogP contribution in [0.15, 0.2) is 18.2 Å². The van der Waals surface area contributed by atoms with Gasteiger partial charge in [-0.1, -0.05) is 6.07 Å². The molecule has 0 radical (unpaired) electrons. The highest BCUT2D eigenvalue weighted by Gasteiger charge is 2.22. The number of aryl methyl sites for hydroxylation is 1. The maximum atomic E-state index is 12.0. The molecule has 1 saturated heterocycles. The summed E-state index contributed by atoms with van der Waals surface area (Å²) >= 11 is 0. The van der Waals surface area contributed by atoms with Crippen LogP contribution >= 0.6 is 0 Å². The fourth-order valence-electron chi connectivity index (χ4n) is 2.60. The normalized spacial score (nSPS) is 18.4. The molecule has 1 aromatic rings. The van der Waals surface area contributed by atoms with Gasteiger partial charge in [0.25, 0.3) is 5.69 Å². The average Bonchev–Trinajstić information content (AvgIpc) is 2.95. The summed E-state index contributed by atoms with van der Waals surface area (Å²) in [6, 6.07) is 4.43. The summed E-state index contributed by atoms with van der Waals surface area (Å²) < 4.78 is 0. The zero-order valence-electron chi connectivity index (χ0n) is 12.6. The van der Waals surface area contributed by atoms with Crippen molar-refractivity contribution in [2.75, 3.05) is 31.6 Å². The summed E-state index contributed by atoms with van der Waals surface area (Å²) in [5.41, 5.74) is 1.24. The van der Waals surface area contributed by atoms with E-state index >= 15 is 0 Å². The minimum Gasteiger partial charge on any atom is -0.396 e. The Kier molecular flexibility index (Phi) is 5.46. The molecule has 120 valence electrons. The van der Waals surface area contributed by atoms with Gasteiger partial charge in [-0.25, -0.2) is 0 Å². The van der Waals surface area contributed by atoms with Crippen LogP contribution in [0.1, 0.15) is 18.4 Å². The Bertz CT molecular complexity index is 562. The van der Waals surface area contributed by atoms with Gasteiger partial charge in [-0.2, -0.15) is 0 Å². The SMILES string of the molecule is Cc1ccc([N+](=O)[O-])cc1NC(=O)CCN1CCC(CO)C1.